The zero-order chi connectivity index (χ0) is 20.3. The third kappa shape index (κ3) is 4.31. The van der Waals surface area contributed by atoms with Gasteiger partial charge in [0.05, 0.1) is 10.8 Å². The van der Waals surface area contributed by atoms with E-state index in [0.29, 0.717) is 25.9 Å². The molecule has 1 fully saturated rings. The number of piperidine rings is 1. The third-order valence-electron chi connectivity index (χ3n) is 5.33. The normalized spacial score (nSPS) is 17.9. The summed E-state index contributed by atoms with van der Waals surface area (Å²) in [7, 11) is -3.64. The van der Waals surface area contributed by atoms with Crippen LogP contribution in [0.5, 0.6) is 0 Å². The number of amides is 1. The van der Waals surface area contributed by atoms with Crippen LogP contribution in [0.15, 0.2) is 71.9 Å². The van der Waals surface area contributed by atoms with Gasteiger partial charge in [-0.25, -0.2) is 8.42 Å². The van der Waals surface area contributed by atoms with Gasteiger partial charge in [0.2, 0.25) is 15.9 Å². The average Bonchev–Trinajstić information content (AvgIpc) is 2.78. The van der Waals surface area contributed by atoms with Crippen molar-refractivity contribution in [1.29, 1.82) is 0 Å². The van der Waals surface area contributed by atoms with E-state index < -0.39 is 10.0 Å². The number of sulfonamides is 1. The Hall–Kier alpha value is -2.77. The van der Waals surface area contributed by atoms with Gasteiger partial charge in [0.25, 0.3) is 0 Å². The highest BCUT2D eigenvalue weighted by Gasteiger charge is 2.33. The van der Waals surface area contributed by atoms with Gasteiger partial charge >= 0.3 is 0 Å². The number of rotatable bonds is 5. The van der Waals surface area contributed by atoms with Crippen LogP contribution in [0.4, 0.5) is 0 Å². The number of pyridine rings is 1. The van der Waals surface area contributed by atoms with E-state index in [1.54, 1.807) is 24.5 Å². The Bertz CT molecular complexity index is 1120. The largest absolute Gasteiger partial charge is 0.352 e. The number of hydrogen-bond donors (Lipinski definition) is 1. The van der Waals surface area contributed by atoms with Gasteiger partial charge in [-0.2, -0.15) is 4.31 Å². The van der Waals surface area contributed by atoms with Crippen LogP contribution in [0.1, 0.15) is 18.4 Å². The van der Waals surface area contributed by atoms with E-state index in [0.717, 1.165) is 16.3 Å². The molecular weight excluding hydrogens is 386 g/mol. The summed E-state index contributed by atoms with van der Waals surface area (Å²) in [6.45, 7) is 1.05. The van der Waals surface area contributed by atoms with E-state index in [1.165, 1.54) is 4.31 Å². The fraction of sp³-hybridized carbons (Fsp3) is 0.273. The lowest BCUT2D eigenvalue weighted by molar-refractivity contribution is -0.126. The van der Waals surface area contributed by atoms with Crippen LogP contribution in [0.2, 0.25) is 0 Å². The Kier molecular flexibility index (Phi) is 5.60. The SMILES string of the molecule is O=C(NCc1ccncc1)[C@@H]1CCCN(S(=O)(=O)c2ccc3ccccc3c2)C1. The molecule has 0 bridgehead atoms. The molecule has 29 heavy (non-hydrogen) atoms. The summed E-state index contributed by atoms with van der Waals surface area (Å²) in [4.78, 5) is 16.8. The van der Waals surface area contributed by atoms with Crippen molar-refractivity contribution in [2.75, 3.05) is 13.1 Å². The fourth-order valence-corrected chi connectivity index (χ4v) is 5.25. The van der Waals surface area contributed by atoms with Crippen molar-refractivity contribution < 1.29 is 13.2 Å². The maximum Gasteiger partial charge on any atom is 0.243 e. The molecule has 6 nitrogen and oxygen atoms in total. The number of nitrogens with zero attached hydrogens (tertiary/aromatic N) is 2. The lowest BCUT2D eigenvalue weighted by Gasteiger charge is -2.31. The Labute approximate surface area is 170 Å². The highest BCUT2D eigenvalue weighted by molar-refractivity contribution is 7.89. The number of aromatic nitrogens is 1. The second-order valence-electron chi connectivity index (χ2n) is 7.28. The third-order valence-corrected chi connectivity index (χ3v) is 7.19. The Morgan fingerprint density at radius 1 is 1.07 bits per heavy atom. The number of carbonyl (C=O) groups is 1. The molecule has 1 aliphatic rings. The number of carbonyl (C=O) groups excluding carboxylic acids is 1. The summed E-state index contributed by atoms with van der Waals surface area (Å²) < 4.78 is 27.8. The summed E-state index contributed by atoms with van der Waals surface area (Å²) in [6, 6.07) is 16.5. The van der Waals surface area contributed by atoms with Gasteiger partial charge in [-0.15, -0.1) is 0 Å². The molecule has 4 rings (SSSR count). The molecule has 1 saturated heterocycles. The van der Waals surface area contributed by atoms with E-state index in [2.05, 4.69) is 10.3 Å². The number of hydrogen-bond acceptors (Lipinski definition) is 4. The molecule has 0 unspecified atom stereocenters. The zero-order valence-electron chi connectivity index (χ0n) is 16.0. The van der Waals surface area contributed by atoms with E-state index in [9.17, 15) is 13.2 Å². The number of benzene rings is 2. The molecule has 0 spiro atoms. The summed E-state index contributed by atoms with van der Waals surface area (Å²) in [5.74, 6) is -0.457. The van der Waals surface area contributed by atoms with Crippen molar-refractivity contribution >= 4 is 26.7 Å². The van der Waals surface area contributed by atoms with Gasteiger partial charge in [-0.05, 0) is 53.4 Å². The first-order valence-corrected chi connectivity index (χ1v) is 11.1. The molecule has 1 aromatic heterocycles. The van der Waals surface area contributed by atoms with Gasteiger partial charge in [-0.3, -0.25) is 9.78 Å². The lowest BCUT2D eigenvalue weighted by atomic mass is 9.99. The lowest BCUT2D eigenvalue weighted by Crippen LogP contribution is -2.45. The van der Waals surface area contributed by atoms with Crippen LogP contribution in [0.3, 0.4) is 0 Å². The highest BCUT2D eigenvalue weighted by Crippen LogP contribution is 2.26. The van der Waals surface area contributed by atoms with Crippen molar-refractivity contribution in [3.63, 3.8) is 0 Å². The Morgan fingerprint density at radius 2 is 1.83 bits per heavy atom. The van der Waals surface area contributed by atoms with Crippen molar-refractivity contribution in [3.8, 4) is 0 Å². The molecule has 3 aromatic rings. The summed E-state index contributed by atoms with van der Waals surface area (Å²) in [6.07, 6.45) is 4.71. The van der Waals surface area contributed by atoms with Crippen molar-refractivity contribution in [2.24, 2.45) is 5.92 Å². The van der Waals surface area contributed by atoms with Crippen LogP contribution in [-0.2, 0) is 21.4 Å². The van der Waals surface area contributed by atoms with Crippen molar-refractivity contribution in [3.05, 3.63) is 72.6 Å². The molecular formula is C22H23N3O3S. The highest BCUT2D eigenvalue weighted by atomic mass is 32.2. The molecule has 0 radical (unpaired) electrons. The zero-order valence-corrected chi connectivity index (χ0v) is 16.8. The molecule has 1 aliphatic heterocycles. The fourth-order valence-electron chi connectivity index (χ4n) is 3.69. The predicted octanol–water partition coefficient (Wildman–Crippen LogP) is 2.95. The van der Waals surface area contributed by atoms with Crippen LogP contribution >= 0.6 is 0 Å². The second kappa shape index (κ2) is 8.31. The van der Waals surface area contributed by atoms with E-state index in [-0.39, 0.29) is 23.3 Å². The molecule has 0 aliphatic carbocycles. The topological polar surface area (TPSA) is 79.4 Å². The summed E-state index contributed by atoms with van der Waals surface area (Å²) in [5, 5.41) is 4.80. The average molecular weight is 410 g/mol. The minimum absolute atomic E-state index is 0.111. The maximum atomic E-state index is 13.2. The molecule has 1 atom stereocenters. The minimum atomic E-state index is -3.64. The van der Waals surface area contributed by atoms with E-state index in [1.807, 2.05) is 42.5 Å². The molecule has 1 N–H and O–H groups in total. The van der Waals surface area contributed by atoms with Crippen molar-refractivity contribution in [2.45, 2.75) is 24.3 Å². The second-order valence-corrected chi connectivity index (χ2v) is 9.22. The predicted molar refractivity (Wildman–Crippen MR) is 112 cm³/mol. The molecule has 0 saturated carbocycles. The summed E-state index contributed by atoms with van der Waals surface area (Å²) in [5.41, 5.74) is 0.963. The standard InChI is InChI=1S/C22H23N3O3S/c26-22(24-15-17-9-11-23-12-10-17)20-6-3-13-25(16-20)29(27,28)21-8-7-18-4-1-2-5-19(18)14-21/h1-2,4-5,7-12,14,20H,3,6,13,15-16H2,(H,24,26)/t20-/m1/s1. The smallest absolute Gasteiger partial charge is 0.243 e. The quantitative estimate of drug-likeness (QED) is 0.703. The number of nitrogens with one attached hydrogen (secondary N) is 1. The number of fused-ring (bicyclic) bond motifs is 1. The van der Waals surface area contributed by atoms with Gasteiger partial charge < -0.3 is 5.32 Å². The first-order chi connectivity index (χ1) is 14.0. The van der Waals surface area contributed by atoms with E-state index >= 15 is 0 Å². The monoisotopic (exact) mass is 409 g/mol. The van der Waals surface area contributed by atoms with Gasteiger partial charge in [0.15, 0.2) is 0 Å². The van der Waals surface area contributed by atoms with E-state index in [4.69, 9.17) is 0 Å². The Balaban J connectivity index is 1.47. The Morgan fingerprint density at radius 3 is 2.62 bits per heavy atom. The molecule has 150 valence electrons. The van der Waals surface area contributed by atoms with Crippen LogP contribution in [0, 0.1) is 5.92 Å². The molecule has 7 heteroatoms. The van der Waals surface area contributed by atoms with Crippen LogP contribution in [0.25, 0.3) is 10.8 Å². The van der Waals surface area contributed by atoms with Gasteiger partial charge in [0.1, 0.15) is 0 Å². The first-order valence-electron chi connectivity index (χ1n) is 9.69. The maximum absolute atomic E-state index is 13.2. The molecule has 1 amide bonds. The summed E-state index contributed by atoms with van der Waals surface area (Å²) >= 11 is 0. The molecule has 2 heterocycles. The van der Waals surface area contributed by atoms with Crippen molar-refractivity contribution in [1.82, 2.24) is 14.6 Å². The first kappa shape index (κ1) is 19.5. The van der Waals surface area contributed by atoms with Gasteiger partial charge in [0, 0.05) is 32.0 Å². The minimum Gasteiger partial charge on any atom is -0.352 e. The van der Waals surface area contributed by atoms with Crippen LogP contribution in [-0.4, -0.2) is 36.7 Å². The van der Waals surface area contributed by atoms with Crippen LogP contribution < -0.4 is 5.32 Å². The van der Waals surface area contributed by atoms with Gasteiger partial charge in [-0.1, -0.05) is 30.3 Å². The molecule has 2 aromatic carbocycles.